The Morgan fingerprint density at radius 3 is 2.47 bits per heavy atom. The molecule has 0 aliphatic heterocycles. The van der Waals surface area contributed by atoms with Gasteiger partial charge in [-0.15, -0.1) is 0 Å². The Bertz CT molecular complexity index is 1420. The SMILES string of the molecule is COc1ccc(Cn2c(=O)n3ncnc3c3ccc(CCCc4ccccc4)nc32)cc1. The summed E-state index contributed by atoms with van der Waals surface area (Å²) in [6.45, 7) is 0.385. The maximum absolute atomic E-state index is 13.2. The number of fused-ring (bicyclic) bond motifs is 3. The third-order valence-corrected chi connectivity index (χ3v) is 5.63. The van der Waals surface area contributed by atoms with Crippen molar-refractivity contribution in [3.63, 3.8) is 0 Å². The van der Waals surface area contributed by atoms with Crippen LogP contribution in [0.3, 0.4) is 0 Å². The normalized spacial score (nSPS) is 11.3. The van der Waals surface area contributed by atoms with Crippen LogP contribution in [0.25, 0.3) is 16.7 Å². The molecule has 0 radical (unpaired) electrons. The number of rotatable bonds is 7. The van der Waals surface area contributed by atoms with Gasteiger partial charge in [-0.1, -0.05) is 42.5 Å². The van der Waals surface area contributed by atoms with Gasteiger partial charge < -0.3 is 4.74 Å². The molecule has 0 fully saturated rings. The fourth-order valence-electron chi connectivity index (χ4n) is 3.95. The molecule has 0 aliphatic rings. The van der Waals surface area contributed by atoms with Crippen molar-refractivity contribution in [2.24, 2.45) is 0 Å². The molecule has 0 N–H and O–H groups in total. The van der Waals surface area contributed by atoms with Crippen molar-refractivity contribution in [2.45, 2.75) is 25.8 Å². The highest BCUT2D eigenvalue weighted by atomic mass is 16.5. The van der Waals surface area contributed by atoms with Crippen LogP contribution >= 0.6 is 0 Å². The van der Waals surface area contributed by atoms with Gasteiger partial charge in [-0.05, 0) is 54.7 Å². The maximum Gasteiger partial charge on any atom is 0.352 e. The Balaban J connectivity index is 1.51. The van der Waals surface area contributed by atoms with Gasteiger partial charge in [0.25, 0.3) is 0 Å². The Labute approximate surface area is 185 Å². The summed E-state index contributed by atoms with van der Waals surface area (Å²) in [5.41, 5.74) is 4.15. The molecule has 0 saturated heterocycles. The minimum atomic E-state index is -0.255. The van der Waals surface area contributed by atoms with Gasteiger partial charge in [-0.2, -0.15) is 9.61 Å². The summed E-state index contributed by atoms with van der Waals surface area (Å²) in [4.78, 5) is 22.4. The first-order valence-corrected chi connectivity index (χ1v) is 10.6. The number of hydrogen-bond donors (Lipinski definition) is 0. The van der Waals surface area contributed by atoms with E-state index in [1.165, 1.54) is 16.4 Å². The zero-order valence-corrected chi connectivity index (χ0v) is 17.8. The van der Waals surface area contributed by atoms with Gasteiger partial charge >= 0.3 is 5.69 Å². The maximum atomic E-state index is 13.2. The topological polar surface area (TPSA) is 74.3 Å². The average Bonchev–Trinajstić information content (AvgIpc) is 3.33. The minimum absolute atomic E-state index is 0.255. The van der Waals surface area contributed by atoms with Gasteiger partial charge in [0.2, 0.25) is 0 Å². The molecule has 0 unspecified atom stereocenters. The van der Waals surface area contributed by atoms with Gasteiger partial charge in [-0.3, -0.25) is 4.57 Å². The number of nitrogens with zero attached hydrogens (tertiary/aromatic N) is 5. The van der Waals surface area contributed by atoms with E-state index >= 15 is 0 Å². The van der Waals surface area contributed by atoms with Crippen LogP contribution in [0.5, 0.6) is 5.75 Å². The van der Waals surface area contributed by atoms with E-state index in [0.29, 0.717) is 17.8 Å². The lowest BCUT2D eigenvalue weighted by Gasteiger charge is -2.12. The Hall–Kier alpha value is -4.00. The number of aromatic nitrogens is 5. The number of pyridine rings is 1. The number of aryl methyl sites for hydroxylation is 2. The van der Waals surface area contributed by atoms with Gasteiger partial charge in [0, 0.05) is 5.69 Å². The van der Waals surface area contributed by atoms with E-state index in [0.717, 1.165) is 41.7 Å². The number of hydrogen-bond acceptors (Lipinski definition) is 5. The lowest BCUT2D eigenvalue weighted by molar-refractivity contribution is 0.414. The van der Waals surface area contributed by atoms with Crippen molar-refractivity contribution >= 4 is 16.7 Å². The van der Waals surface area contributed by atoms with E-state index in [9.17, 15) is 4.79 Å². The van der Waals surface area contributed by atoms with Crippen molar-refractivity contribution in [2.75, 3.05) is 7.11 Å². The Morgan fingerprint density at radius 2 is 1.69 bits per heavy atom. The summed E-state index contributed by atoms with van der Waals surface area (Å²) < 4.78 is 8.24. The zero-order chi connectivity index (χ0) is 21.9. The molecule has 0 spiro atoms. The third-order valence-electron chi connectivity index (χ3n) is 5.63. The van der Waals surface area contributed by atoms with Gasteiger partial charge in [0.15, 0.2) is 5.65 Å². The molecule has 0 bridgehead atoms. The second kappa shape index (κ2) is 8.63. The summed E-state index contributed by atoms with van der Waals surface area (Å²) >= 11 is 0. The zero-order valence-electron chi connectivity index (χ0n) is 17.8. The van der Waals surface area contributed by atoms with Crippen LogP contribution in [-0.4, -0.2) is 31.3 Å². The smallest absolute Gasteiger partial charge is 0.352 e. The summed E-state index contributed by atoms with van der Waals surface area (Å²) in [6, 6.07) is 22.1. The summed E-state index contributed by atoms with van der Waals surface area (Å²) in [5, 5.41) is 4.94. The number of ether oxygens (including phenoxy) is 1. The van der Waals surface area contributed by atoms with E-state index in [1.54, 1.807) is 11.7 Å². The highest BCUT2D eigenvalue weighted by Gasteiger charge is 2.15. The average molecular weight is 425 g/mol. The molecular formula is C25H23N5O2. The molecule has 0 aliphatic carbocycles. The van der Waals surface area contributed by atoms with Crippen LogP contribution in [-0.2, 0) is 19.4 Å². The molecule has 7 nitrogen and oxygen atoms in total. The highest BCUT2D eigenvalue weighted by Crippen LogP contribution is 2.19. The van der Waals surface area contributed by atoms with Gasteiger partial charge in [0.05, 0.1) is 19.0 Å². The molecule has 2 aromatic carbocycles. The van der Waals surface area contributed by atoms with Crippen molar-refractivity contribution in [3.05, 3.63) is 100 Å². The number of benzene rings is 2. The first-order valence-electron chi connectivity index (χ1n) is 10.6. The predicted molar refractivity (Wildman–Crippen MR) is 123 cm³/mol. The van der Waals surface area contributed by atoms with Crippen LogP contribution in [0.1, 0.15) is 23.2 Å². The third kappa shape index (κ3) is 3.85. The molecular weight excluding hydrogens is 402 g/mol. The fourth-order valence-corrected chi connectivity index (χ4v) is 3.95. The van der Waals surface area contributed by atoms with Gasteiger partial charge in [-0.25, -0.2) is 14.8 Å². The molecule has 0 atom stereocenters. The first kappa shape index (κ1) is 19.9. The van der Waals surface area contributed by atoms with Crippen LogP contribution < -0.4 is 10.4 Å². The fraction of sp³-hybridized carbons (Fsp3) is 0.200. The predicted octanol–water partition coefficient (Wildman–Crippen LogP) is 3.67. The number of methoxy groups -OCH3 is 1. The molecule has 32 heavy (non-hydrogen) atoms. The molecule has 160 valence electrons. The van der Waals surface area contributed by atoms with Crippen LogP contribution in [0.2, 0.25) is 0 Å². The molecule has 5 rings (SSSR count). The molecule has 0 saturated carbocycles. The molecule has 5 aromatic rings. The summed E-state index contributed by atoms with van der Waals surface area (Å²) in [7, 11) is 1.63. The quantitative estimate of drug-likeness (QED) is 0.398. The van der Waals surface area contributed by atoms with E-state index < -0.39 is 0 Å². The Kier molecular flexibility index (Phi) is 5.37. The van der Waals surface area contributed by atoms with Gasteiger partial charge in [0.1, 0.15) is 17.7 Å². The minimum Gasteiger partial charge on any atom is -0.497 e. The van der Waals surface area contributed by atoms with E-state index in [4.69, 9.17) is 9.72 Å². The van der Waals surface area contributed by atoms with E-state index in [-0.39, 0.29) is 5.69 Å². The summed E-state index contributed by atoms with van der Waals surface area (Å²) in [6.07, 6.45) is 4.21. The Morgan fingerprint density at radius 1 is 0.875 bits per heavy atom. The monoisotopic (exact) mass is 425 g/mol. The highest BCUT2D eigenvalue weighted by molar-refractivity contribution is 5.88. The van der Waals surface area contributed by atoms with Crippen molar-refractivity contribution in [1.29, 1.82) is 0 Å². The van der Waals surface area contributed by atoms with Crippen LogP contribution in [0.15, 0.2) is 77.9 Å². The van der Waals surface area contributed by atoms with Crippen molar-refractivity contribution in [3.8, 4) is 5.75 Å². The molecule has 3 aromatic heterocycles. The molecule has 7 heteroatoms. The van der Waals surface area contributed by atoms with Crippen LogP contribution in [0.4, 0.5) is 0 Å². The van der Waals surface area contributed by atoms with Crippen molar-refractivity contribution in [1.82, 2.24) is 24.1 Å². The largest absolute Gasteiger partial charge is 0.497 e. The molecule has 3 heterocycles. The second-order valence-electron chi connectivity index (χ2n) is 7.73. The van der Waals surface area contributed by atoms with E-state index in [2.05, 4.69) is 34.3 Å². The lowest BCUT2D eigenvalue weighted by atomic mass is 10.1. The second-order valence-corrected chi connectivity index (χ2v) is 7.73. The lowest BCUT2D eigenvalue weighted by Crippen LogP contribution is -2.29. The van der Waals surface area contributed by atoms with Crippen LogP contribution in [0, 0.1) is 0 Å². The van der Waals surface area contributed by atoms with Crippen molar-refractivity contribution < 1.29 is 4.74 Å². The van der Waals surface area contributed by atoms with E-state index in [1.807, 2.05) is 42.5 Å². The summed E-state index contributed by atoms with van der Waals surface area (Å²) in [5.74, 6) is 0.775. The molecule has 0 amide bonds. The first-order chi connectivity index (χ1) is 15.7. The standard InChI is InChI=1S/C25H23N5O2/c1-32-21-13-10-19(11-14-21)16-29-24-22(23-26-17-27-30(23)25(29)31)15-12-20(28-24)9-5-8-18-6-3-2-4-7-18/h2-4,6-7,10-15,17H,5,8-9,16H2,1H3.